The smallest absolute Gasteiger partial charge is 0.318 e. The Bertz CT molecular complexity index is 340. The number of hydrogen-bond donors (Lipinski definition) is 2. The zero-order valence-electron chi connectivity index (χ0n) is 8.07. The Morgan fingerprint density at radius 3 is 2.93 bits per heavy atom. The van der Waals surface area contributed by atoms with Crippen LogP contribution >= 0.6 is 0 Å². The van der Waals surface area contributed by atoms with E-state index in [-0.39, 0.29) is 12.6 Å². The number of amides is 1. The first-order valence-electron chi connectivity index (χ1n) is 4.03. The zero-order chi connectivity index (χ0) is 10.6. The molecule has 0 aromatic carbocycles. The lowest BCUT2D eigenvalue weighted by molar-refractivity contribution is -0.116. The number of nitrogens with two attached hydrogens (primary N) is 1. The molecule has 0 saturated carbocycles. The monoisotopic (exact) mass is 196 g/mol. The van der Waals surface area contributed by atoms with Crippen LogP contribution in [-0.4, -0.2) is 29.5 Å². The largest absolute Gasteiger partial charge is 0.467 e. The van der Waals surface area contributed by atoms with Crippen LogP contribution in [0.1, 0.15) is 5.69 Å². The molecule has 1 aromatic rings. The Morgan fingerprint density at radius 2 is 2.36 bits per heavy atom. The van der Waals surface area contributed by atoms with Crippen LogP contribution in [0, 0.1) is 6.92 Å². The van der Waals surface area contributed by atoms with Gasteiger partial charge in [0.25, 0.3) is 0 Å². The zero-order valence-corrected chi connectivity index (χ0v) is 8.07. The Balaban J connectivity index is 2.76. The summed E-state index contributed by atoms with van der Waals surface area (Å²) >= 11 is 0. The second kappa shape index (κ2) is 4.40. The first kappa shape index (κ1) is 10.2. The third kappa shape index (κ3) is 2.89. The van der Waals surface area contributed by atoms with Gasteiger partial charge in [-0.3, -0.25) is 4.79 Å². The van der Waals surface area contributed by atoms with Gasteiger partial charge in [-0.05, 0) is 6.92 Å². The van der Waals surface area contributed by atoms with E-state index in [9.17, 15) is 4.79 Å². The molecule has 0 radical (unpaired) electrons. The van der Waals surface area contributed by atoms with E-state index in [0.29, 0.717) is 5.82 Å². The van der Waals surface area contributed by atoms with Crippen LogP contribution in [0.4, 0.5) is 5.82 Å². The molecule has 6 nitrogen and oxygen atoms in total. The van der Waals surface area contributed by atoms with Gasteiger partial charge in [-0.25, -0.2) is 4.98 Å². The predicted octanol–water partition coefficient (Wildman–Crippen LogP) is -0.309. The van der Waals surface area contributed by atoms with Crippen molar-refractivity contribution in [3.05, 3.63) is 11.8 Å². The summed E-state index contributed by atoms with van der Waals surface area (Å²) in [6, 6.07) is 1.96. The number of anilines is 1. The molecular weight excluding hydrogens is 184 g/mol. The summed E-state index contributed by atoms with van der Waals surface area (Å²) in [4.78, 5) is 18.5. The number of hydrogen-bond acceptors (Lipinski definition) is 5. The van der Waals surface area contributed by atoms with Gasteiger partial charge >= 0.3 is 6.01 Å². The average Bonchev–Trinajstić information content (AvgIpc) is 2.14. The van der Waals surface area contributed by atoms with Crippen molar-refractivity contribution in [3.8, 4) is 6.01 Å². The van der Waals surface area contributed by atoms with Crippen molar-refractivity contribution in [3.63, 3.8) is 0 Å². The molecule has 76 valence electrons. The maximum Gasteiger partial charge on any atom is 0.318 e. The van der Waals surface area contributed by atoms with Gasteiger partial charge < -0.3 is 15.8 Å². The molecule has 0 atom stereocenters. The average molecular weight is 196 g/mol. The van der Waals surface area contributed by atoms with Crippen molar-refractivity contribution in [2.24, 2.45) is 5.73 Å². The van der Waals surface area contributed by atoms with Crippen molar-refractivity contribution in [2.45, 2.75) is 6.92 Å². The first-order valence-corrected chi connectivity index (χ1v) is 4.03. The summed E-state index contributed by atoms with van der Waals surface area (Å²) in [6.07, 6.45) is 0. The molecule has 14 heavy (non-hydrogen) atoms. The van der Waals surface area contributed by atoms with E-state index in [1.54, 1.807) is 13.0 Å². The molecule has 0 aliphatic heterocycles. The highest BCUT2D eigenvalue weighted by molar-refractivity contribution is 5.78. The standard InChI is InChI=1S/C8H12N4O2/c1-5-3-7(10-4-6(9)13)12-8(11-5)14-2/h3H,4H2,1-2H3,(H2,9,13)(H,10,11,12). The fourth-order valence-electron chi connectivity index (χ4n) is 0.901. The minimum absolute atomic E-state index is 0.0413. The van der Waals surface area contributed by atoms with Crippen LogP contribution in [0.2, 0.25) is 0 Å². The van der Waals surface area contributed by atoms with E-state index in [0.717, 1.165) is 5.69 Å². The van der Waals surface area contributed by atoms with E-state index < -0.39 is 5.91 Å². The minimum Gasteiger partial charge on any atom is -0.467 e. The SMILES string of the molecule is COc1nc(C)cc(NCC(N)=O)n1. The molecular formula is C8H12N4O2. The number of carbonyl (C=O) groups is 1. The first-order chi connectivity index (χ1) is 6.61. The van der Waals surface area contributed by atoms with Gasteiger partial charge in [0.2, 0.25) is 5.91 Å². The summed E-state index contributed by atoms with van der Waals surface area (Å²) in [5.41, 5.74) is 5.73. The molecule has 0 saturated heterocycles. The number of nitrogens with one attached hydrogen (secondary N) is 1. The number of carbonyl (C=O) groups excluding carboxylic acids is 1. The fraction of sp³-hybridized carbons (Fsp3) is 0.375. The molecule has 0 spiro atoms. The second-order valence-electron chi connectivity index (χ2n) is 2.70. The maximum atomic E-state index is 10.5. The lowest BCUT2D eigenvalue weighted by Crippen LogP contribution is -2.22. The summed E-state index contributed by atoms with van der Waals surface area (Å²) in [6.45, 7) is 1.85. The van der Waals surface area contributed by atoms with Gasteiger partial charge in [-0.1, -0.05) is 0 Å². The highest BCUT2D eigenvalue weighted by Gasteiger charge is 2.02. The van der Waals surface area contributed by atoms with Gasteiger partial charge in [0, 0.05) is 11.8 Å². The van der Waals surface area contributed by atoms with Gasteiger partial charge in [0.1, 0.15) is 5.82 Å². The van der Waals surface area contributed by atoms with E-state index in [1.807, 2.05) is 0 Å². The number of methoxy groups -OCH3 is 1. The molecule has 6 heteroatoms. The van der Waals surface area contributed by atoms with E-state index >= 15 is 0 Å². The van der Waals surface area contributed by atoms with Crippen LogP contribution in [-0.2, 0) is 4.79 Å². The Hall–Kier alpha value is -1.85. The van der Waals surface area contributed by atoms with Crippen LogP contribution in [0.3, 0.4) is 0 Å². The van der Waals surface area contributed by atoms with Gasteiger partial charge in [0.15, 0.2) is 0 Å². The van der Waals surface area contributed by atoms with Crippen molar-refractivity contribution < 1.29 is 9.53 Å². The summed E-state index contributed by atoms with van der Waals surface area (Å²) < 4.78 is 4.86. The lowest BCUT2D eigenvalue weighted by Gasteiger charge is -2.05. The van der Waals surface area contributed by atoms with E-state index in [1.165, 1.54) is 7.11 Å². The molecule has 0 bridgehead atoms. The van der Waals surface area contributed by atoms with Crippen LogP contribution < -0.4 is 15.8 Å². The molecule has 1 rings (SSSR count). The lowest BCUT2D eigenvalue weighted by atomic mass is 10.4. The van der Waals surface area contributed by atoms with Gasteiger partial charge in [-0.15, -0.1) is 0 Å². The second-order valence-corrected chi connectivity index (χ2v) is 2.70. The molecule has 1 amide bonds. The van der Waals surface area contributed by atoms with Gasteiger partial charge in [-0.2, -0.15) is 4.98 Å². The van der Waals surface area contributed by atoms with Gasteiger partial charge in [0.05, 0.1) is 13.7 Å². The molecule has 0 aliphatic carbocycles. The molecule has 1 heterocycles. The summed E-state index contributed by atoms with van der Waals surface area (Å²) in [5.74, 6) is 0.0772. The maximum absolute atomic E-state index is 10.5. The molecule has 3 N–H and O–H groups in total. The summed E-state index contributed by atoms with van der Waals surface area (Å²) in [5, 5.41) is 2.75. The Morgan fingerprint density at radius 1 is 1.64 bits per heavy atom. The van der Waals surface area contributed by atoms with E-state index in [2.05, 4.69) is 15.3 Å². The molecule has 0 unspecified atom stereocenters. The number of rotatable bonds is 4. The Kier molecular flexibility index (Phi) is 3.22. The van der Waals surface area contributed by atoms with E-state index in [4.69, 9.17) is 10.5 Å². The van der Waals surface area contributed by atoms with Crippen molar-refractivity contribution in [1.82, 2.24) is 9.97 Å². The van der Waals surface area contributed by atoms with Crippen LogP contribution in [0.5, 0.6) is 6.01 Å². The highest BCUT2D eigenvalue weighted by atomic mass is 16.5. The van der Waals surface area contributed by atoms with Crippen LogP contribution in [0.25, 0.3) is 0 Å². The van der Waals surface area contributed by atoms with Crippen molar-refractivity contribution in [1.29, 1.82) is 0 Å². The number of aryl methyl sites for hydroxylation is 1. The summed E-state index contributed by atoms with van der Waals surface area (Å²) in [7, 11) is 1.48. The quantitative estimate of drug-likeness (QED) is 0.689. The topological polar surface area (TPSA) is 90.1 Å². The number of aromatic nitrogens is 2. The van der Waals surface area contributed by atoms with Crippen molar-refractivity contribution >= 4 is 11.7 Å². The number of nitrogens with zero attached hydrogens (tertiary/aromatic N) is 2. The van der Waals surface area contributed by atoms with Crippen LogP contribution in [0.15, 0.2) is 6.07 Å². The molecule has 0 aliphatic rings. The Labute approximate surface area is 81.5 Å². The fourth-order valence-corrected chi connectivity index (χ4v) is 0.901. The minimum atomic E-state index is -0.444. The molecule has 1 aromatic heterocycles. The number of primary amides is 1. The normalized spacial score (nSPS) is 9.57. The third-order valence-corrected chi connectivity index (χ3v) is 1.46. The number of ether oxygens (including phenoxy) is 1. The highest BCUT2D eigenvalue weighted by Crippen LogP contribution is 2.09. The predicted molar refractivity (Wildman–Crippen MR) is 51.0 cm³/mol. The third-order valence-electron chi connectivity index (χ3n) is 1.46. The van der Waals surface area contributed by atoms with Crippen molar-refractivity contribution in [2.75, 3.05) is 19.0 Å². The molecule has 0 fully saturated rings.